The largest absolute Gasteiger partial charge is 0.309 e. The van der Waals surface area contributed by atoms with Crippen molar-refractivity contribution in [1.82, 2.24) is 10.2 Å². The molecule has 4 heteroatoms. The Morgan fingerprint density at radius 1 is 1.23 bits per heavy atom. The van der Waals surface area contributed by atoms with Crippen molar-refractivity contribution in [2.45, 2.75) is 24.9 Å². The lowest BCUT2D eigenvalue weighted by molar-refractivity contribution is 0.149. The van der Waals surface area contributed by atoms with E-state index in [4.69, 9.17) is 0 Å². The Balaban J connectivity index is 1.68. The number of likely N-dealkylation sites (tertiary alicyclic amines) is 1. The molecule has 2 aliphatic rings. The predicted octanol–water partition coefficient (Wildman–Crippen LogP) is -0.199. The highest BCUT2D eigenvalue weighted by molar-refractivity contribution is 7.85. The maximum atomic E-state index is 11.1. The van der Waals surface area contributed by atoms with Crippen LogP contribution >= 0.6 is 0 Å². The van der Waals surface area contributed by atoms with Gasteiger partial charge in [0, 0.05) is 47.5 Å². The molecule has 2 saturated heterocycles. The van der Waals surface area contributed by atoms with Gasteiger partial charge in [-0.1, -0.05) is 0 Å². The average molecular weight is 202 g/mol. The maximum Gasteiger partial charge on any atom is 0.0324 e. The van der Waals surface area contributed by atoms with Crippen LogP contribution in [0, 0.1) is 0 Å². The lowest BCUT2D eigenvalue weighted by atomic mass is 10.1. The third-order valence-corrected chi connectivity index (χ3v) is 4.31. The highest BCUT2D eigenvalue weighted by Gasteiger charge is 2.27. The molecule has 0 amide bonds. The third-order valence-electron chi connectivity index (χ3n) is 2.92. The van der Waals surface area contributed by atoms with Crippen molar-refractivity contribution in [2.24, 2.45) is 0 Å². The van der Waals surface area contributed by atoms with Gasteiger partial charge in [-0.2, -0.15) is 0 Å². The quantitative estimate of drug-likeness (QED) is 0.673. The van der Waals surface area contributed by atoms with Gasteiger partial charge in [-0.25, -0.2) is 0 Å². The molecule has 76 valence electrons. The highest BCUT2D eigenvalue weighted by Crippen LogP contribution is 2.12. The summed E-state index contributed by atoms with van der Waals surface area (Å²) in [5.74, 6) is 1.81. The summed E-state index contributed by atoms with van der Waals surface area (Å²) in [6, 6.07) is 1.33. The summed E-state index contributed by atoms with van der Waals surface area (Å²) < 4.78 is 11.1. The average Bonchev–Trinajstić information content (AvgIpc) is 2.06. The Morgan fingerprint density at radius 2 is 1.85 bits per heavy atom. The minimum atomic E-state index is -0.517. The molecule has 2 rings (SSSR count). The van der Waals surface area contributed by atoms with Crippen LogP contribution in [0.25, 0.3) is 0 Å². The number of nitrogens with one attached hydrogen (secondary N) is 1. The molecular formula is C9H18N2OS. The summed E-state index contributed by atoms with van der Waals surface area (Å²) in [4.78, 5) is 2.32. The fraction of sp³-hybridized carbons (Fsp3) is 1.00. The van der Waals surface area contributed by atoms with Crippen molar-refractivity contribution in [3.8, 4) is 0 Å². The van der Waals surface area contributed by atoms with E-state index in [1.165, 1.54) is 13.1 Å². The summed E-state index contributed by atoms with van der Waals surface area (Å²) in [7, 11) is 1.63. The van der Waals surface area contributed by atoms with Crippen molar-refractivity contribution >= 4 is 10.8 Å². The fourth-order valence-electron chi connectivity index (χ4n) is 2.10. The number of hydrogen-bond acceptors (Lipinski definition) is 3. The minimum Gasteiger partial charge on any atom is -0.309 e. The topological polar surface area (TPSA) is 32.3 Å². The summed E-state index contributed by atoms with van der Waals surface area (Å²) in [6.45, 7) is 2.36. The molecule has 0 aromatic heterocycles. The van der Waals surface area contributed by atoms with Crippen LogP contribution in [0.15, 0.2) is 0 Å². The molecule has 13 heavy (non-hydrogen) atoms. The van der Waals surface area contributed by atoms with E-state index in [9.17, 15) is 4.21 Å². The number of hydrogen-bond donors (Lipinski definition) is 1. The van der Waals surface area contributed by atoms with Gasteiger partial charge in [0.2, 0.25) is 0 Å². The normalized spacial score (nSPS) is 37.3. The Labute approximate surface area is 82.3 Å². The SMILES string of the molecule is CN1CC(NC2CCS(=O)CC2)C1. The van der Waals surface area contributed by atoms with Gasteiger partial charge in [-0.3, -0.25) is 4.21 Å². The summed E-state index contributed by atoms with van der Waals surface area (Å²) in [5, 5.41) is 3.63. The van der Waals surface area contributed by atoms with Crippen molar-refractivity contribution in [3.05, 3.63) is 0 Å². The van der Waals surface area contributed by atoms with E-state index in [1.54, 1.807) is 0 Å². The Kier molecular flexibility index (Phi) is 3.01. The lowest BCUT2D eigenvalue weighted by Crippen LogP contribution is -2.59. The first-order valence-corrected chi connectivity index (χ1v) is 6.52. The van der Waals surface area contributed by atoms with Crippen LogP contribution in [0.5, 0.6) is 0 Å². The van der Waals surface area contributed by atoms with Gasteiger partial charge in [0.15, 0.2) is 0 Å². The van der Waals surface area contributed by atoms with E-state index in [0.29, 0.717) is 12.1 Å². The molecule has 2 aliphatic heterocycles. The standard InChI is InChI=1S/C9H18N2OS/c1-11-6-9(7-11)10-8-2-4-13(12)5-3-8/h8-10H,2-7H2,1H3. The minimum absolute atomic E-state index is 0.517. The first kappa shape index (κ1) is 9.62. The summed E-state index contributed by atoms with van der Waals surface area (Å²) in [6.07, 6.45) is 2.21. The first-order valence-electron chi connectivity index (χ1n) is 5.03. The van der Waals surface area contributed by atoms with E-state index in [0.717, 1.165) is 24.3 Å². The molecule has 0 spiro atoms. The third kappa shape index (κ3) is 2.51. The van der Waals surface area contributed by atoms with E-state index in [1.807, 2.05) is 0 Å². The first-order chi connectivity index (χ1) is 6.24. The molecule has 0 bridgehead atoms. The molecule has 0 aliphatic carbocycles. The smallest absolute Gasteiger partial charge is 0.0324 e. The van der Waals surface area contributed by atoms with Crippen molar-refractivity contribution in [3.63, 3.8) is 0 Å². The molecule has 0 atom stereocenters. The van der Waals surface area contributed by atoms with Crippen molar-refractivity contribution < 1.29 is 4.21 Å². The molecule has 0 radical (unpaired) electrons. The second kappa shape index (κ2) is 4.07. The molecule has 0 unspecified atom stereocenters. The molecule has 0 aromatic rings. The van der Waals surface area contributed by atoms with Crippen LogP contribution < -0.4 is 5.32 Å². The summed E-state index contributed by atoms with van der Waals surface area (Å²) >= 11 is 0. The number of rotatable bonds is 2. The zero-order valence-electron chi connectivity index (χ0n) is 8.16. The Morgan fingerprint density at radius 3 is 2.38 bits per heavy atom. The van der Waals surface area contributed by atoms with Crippen molar-refractivity contribution in [1.29, 1.82) is 0 Å². The van der Waals surface area contributed by atoms with Crippen LogP contribution in [0.4, 0.5) is 0 Å². The predicted molar refractivity (Wildman–Crippen MR) is 55.3 cm³/mol. The molecule has 3 nitrogen and oxygen atoms in total. The van der Waals surface area contributed by atoms with Gasteiger partial charge < -0.3 is 10.2 Å². The van der Waals surface area contributed by atoms with Crippen LogP contribution in [0.1, 0.15) is 12.8 Å². The van der Waals surface area contributed by atoms with Gasteiger partial charge >= 0.3 is 0 Å². The van der Waals surface area contributed by atoms with Crippen LogP contribution in [-0.2, 0) is 10.8 Å². The number of nitrogens with zero attached hydrogens (tertiary/aromatic N) is 1. The van der Waals surface area contributed by atoms with Crippen LogP contribution in [0.3, 0.4) is 0 Å². The molecule has 2 heterocycles. The second-order valence-corrected chi connectivity index (χ2v) is 5.90. The Bertz CT molecular complexity index is 194. The molecule has 1 N–H and O–H groups in total. The van der Waals surface area contributed by atoms with Gasteiger partial charge in [-0.15, -0.1) is 0 Å². The van der Waals surface area contributed by atoms with E-state index in [2.05, 4.69) is 17.3 Å². The second-order valence-electron chi connectivity index (χ2n) is 4.21. The highest BCUT2D eigenvalue weighted by atomic mass is 32.2. The zero-order valence-corrected chi connectivity index (χ0v) is 8.98. The van der Waals surface area contributed by atoms with E-state index >= 15 is 0 Å². The molecule has 0 saturated carbocycles. The van der Waals surface area contributed by atoms with Crippen molar-refractivity contribution in [2.75, 3.05) is 31.6 Å². The summed E-state index contributed by atoms with van der Waals surface area (Å²) in [5.41, 5.74) is 0. The van der Waals surface area contributed by atoms with Gasteiger partial charge in [0.25, 0.3) is 0 Å². The lowest BCUT2D eigenvalue weighted by Gasteiger charge is -2.39. The van der Waals surface area contributed by atoms with Gasteiger partial charge in [0.1, 0.15) is 0 Å². The molecule has 0 aromatic carbocycles. The van der Waals surface area contributed by atoms with E-state index in [-0.39, 0.29) is 0 Å². The van der Waals surface area contributed by atoms with Gasteiger partial charge in [0.05, 0.1) is 0 Å². The van der Waals surface area contributed by atoms with Gasteiger partial charge in [-0.05, 0) is 19.9 Å². The molecular weight excluding hydrogens is 184 g/mol. The van der Waals surface area contributed by atoms with E-state index < -0.39 is 10.8 Å². The fourth-order valence-corrected chi connectivity index (χ4v) is 3.40. The van der Waals surface area contributed by atoms with Crippen LogP contribution in [0.2, 0.25) is 0 Å². The molecule has 2 fully saturated rings. The number of likely N-dealkylation sites (N-methyl/N-ethyl adjacent to an activating group) is 1. The maximum absolute atomic E-state index is 11.1. The Hall–Kier alpha value is 0.0700. The zero-order chi connectivity index (χ0) is 9.26. The monoisotopic (exact) mass is 202 g/mol. The van der Waals surface area contributed by atoms with Crippen LogP contribution in [-0.4, -0.2) is 52.8 Å².